The van der Waals surface area contributed by atoms with Crippen LogP contribution < -0.4 is 9.62 Å². The number of carbonyl (C=O) groups excluding carboxylic acids is 1. The number of carbonyl (C=O) groups is 1. The number of nitrogens with one attached hydrogen (secondary N) is 1. The van der Waals surface area contributed by atoms with Crippen LogP contribution in [0.25, 0.3) is 0 Å². The van der Waals surface area contributed by atoms with Crippen molar-refractivity contribution in [2.45, 2.75) is 39.2 Å². The van der Waals surface area contributed by atoms with Gasteiger partial charge in [-0.2, -0.15) is 0 Å². The highest BCUT2D eigenvalue weighted by molar-refractivity contribution is 9.10. The van der Waals surface area contributed by atoms with Crippen molar-refractivity contribution in [1.82, 2.24) is 5.32 Å². The van der Waals surface area contributed by atoms with Crippen LogP contribution in [0, 0.1) is 0 Å². The second-order valence-electron chi connectivity index (χ2n) is 7.91. The summed E-state index contributed by atoms with van der Waals surface area (Å²) in [6.07, 6.45) is 1.09. The van der Waals surface area contributed by atoms with Crippen molar-refractivity contribution in [2.24, 2.45) is 0 Å². The summed E-state index contributed by atoms with van der Waals surface area (Å²) >= 11 is 3.32. The molecule has 0 saturated carbocycles. The van der Waals surface area contributed by atoms with E-state index >= 15 is 0 Å². The fourth-order valence-electron chi connectivity index (χ4n) is 2.78. The van der Waals surface area contributed by atoms with Gasteiger partial charge in [-0.1, -0.05) is 61.0 Å². The van der Waals surface area contributed by atoms with Crippen LogP contribution in [-0.4, -0.2) is 27.1 Å². The van der Waals surface area contributed by atoms with Crippen molar-refractivity contribution in [2.75, 3.05) is 17.1 Å². The van der Waals surface area contributed by atoms with E-state index in [-0.39, 0.29) is 23.9 Å². The van der Waals surface area contributed by atoms with Gasteiger partial charge in [-0.05, 0) is 47.7 Å². The van der Waals surface area contributed by atoms with E-state index in [0.29, 0.717) is 5.69 Å². The number of hydrogen-bond donors (Lipinski definition) is 1. The average molecular weight is 467 g/mol. The first-order valence-corrected chi connectivity index (χ1v) is 11.6. The number of sulfonamides is 1. The zero-order chi connectivity index (χ0) is 21.1. The Morgan fingerprint density at radius 1 is 1.07 bits per heavy atom. The number of anilines is 1. The van der Waals surface area contributed by atoms with E-state index in [2.05, 4.69) is 54.2 Å². The number of amides is 1. The molecule has 2 aromatic carbocycles. The smallest absolute Gasteiger partial charge is 0.241 e. The van der Waals surface area contributed by atoms with E-state index in [4.69, 9.17) is 0 Å². The summed E-state index contributed by atoms with van der Waals surface area (Å²) in [5.74, 6) is -0.360. The molecule has 2 rings (SSSR count). The first-order valence-electron chi connectivity index (χ1n) is 9.01. The van der Waals surface area contributed by atoms with Crippen LogP contribution in [-0.2, 0) is 20.2 Å². The quantitative estimate of drug-likeness (QED) is 0.686. The van der Waals surface area contributed by atoms with Crippen LogP contribution in [0.1, 0.15) is 44.9 Å². The van der Waals surface area contributed by atoms with Gasteiger partial charge in [0.2, 0.25) is 15.9 Å². The van der Waals surface area contributed by atoms with Crippen molar-refractivity contribution in [3.05, 3.63) is 64.1 Å². The molecule has 0 bridgehead atoms. The van der Waals surface area contributed by atoms with Gasteiger partial charge in [-0.3, -0.25) is 9.10 Å². The largest absolute Gasteiger partial charge is 0.348 e. The predicted molar refractivity (Wildman–Crippen MR) is 118 cm³/mol. The van der Waals surface area contributed by atoms with E-state index < -0.39 is 10.0 Å². The fraction of sp³-hybridized carbons (Fsp3) is 0.381. The Morgan fingerprint density at radius 2 is 1.61 bits per heavy atom. The van der Waals surface area contributed by atoms with E-state index in [1.54, 1.807) is 24.3 Å². The maximum absolute atomic E-state index is 12.5. The molecule has 1 amide bonds. The summed E-state index contributed by atoms with van der Waals surface area (Å²) in [4.78, 5) is 12.5. The van der Waals surface area contributed by atoms with E-state index in [0.717, 1.165) is 20.6 Å². The van der Waals surface area contributed by atoms with Gasteiger partial charge in [-0.25, -0.2) is 8.42 Å². The number of hydrogen-bond acceptors (Lipinski definition) is 3. The number of halogens is 1. The van der Waals surface area contributed by atoms with Gasteiger partial charge in [0.05, 0.1) is 18.0 Å². The third-order valence-corrected chi connectivity index (χ3v) is 6.13. The molecule has 0 aliphatic carbocycles. The highest BCUT2D eigenvalue weighted by atomic mass is 79.9. The summed E-state index contributed by atoms with van der Waals surface area (Å²) in [5, 5.41) is 2.88. The van der Waals surface area contributed by atoms with Gasteiger partial charge in [0.15, 0.2) is 0 Å². The molecule has 5 nitrogen and oxygen atoms in total. The van der Waals surface area contributed by atoms with E-state index in [1.807, 2.05) is 19.1 Å². The molecule has 0 aromatic heterocycles. The topological polar surface area (TPSA) is 66.5 Å². The van der Waals surface area contributed by atoms with Gasteiger partial charge in [-0.15, -0.1) is 0 Å². The standard InChI is InChI=1S/C21H27BrN2O3S/c1-15(16-6-8-17(9-7-16)21(2,3)4)23-20(25)14-24(28(5,26)27)19-12-10-18(22)11-13-19/h6-13,15H,14H2,1-5H3,(H,23,25)/t15-/m1/s1. The number of rotatable bonds is 6. The van der Waals surface area contributed by atoms with Crippen molar-refractivity contribution in [3.8, 4) is 0 Å². The molecule has 7 heteroatoms. The second-order valence-corrected chi connectivity index (χ2v) is 10.7. The molecule has 152 valence electrons. The Bertz CT molecular complexity index is 918. The Kier molecular flexibility index (Phi) is 6.93. The van der Waals surface area contributed by atoms with Gasteiger partial charge in [0, 0.05) is 4.47 Å². The molecule has 28 heavy (non-hydrogen) atoms. The molecule has 0 spiro atoms. The van der Waals surface area contributed by atoms with Crippen LogP contribution in [0.15, 0.2) is 53.0 Å². The van der Waals surface area contributed by atoms with Gasteiger partial charge < -0.3 is 5.32 Å². The minimum atomic E-state index is -3.59. The van der Waals surface area contributed by atoms with Crippen molar-refractivity contribution in [3.63, 3.8) is 0 Å². The van der Waals surface area contributed by atoms with Crippen molar-refractivity contribution in [1.29, 1.82) is 0 Å². The first kappa shape index (κ1) is 22.4. The monoisotopic (exact) mass is 466 g/mol. The Morgan fingerprint density at radius 3 is 2.07 bits per heavy atom. The van der Waals surface area contributed by atoms with E-state index in [1.165, 1.54) is 5.56 Å². The molecule has 0 saturated heterocycles. The van der Waals surface area contributed by atoms with Crippen LogP contribution in [0.4, 0.5) is 5.69 Å². The Hall–Kier alpha value is -1.86. The summed E-state index contributed by atoms with van der Waals surface area (Å²) in [6, 6.07) is 14.7. The van der Waals surface area contributed by atoms with Crippen LogP contribution in [0.2, 0.25) is 0 Å². The van der Waals surface area contributed by atoms with Gasteiger partial charge in [0.1, 0.15) is 6.54 Å². The molecule has 0 heterocycles. The fourth-order valence-corrected chi connectivity index (χ4v) is 3.90. The SMILES string of the molecule is C[C@@H](NC(=O)CN(c1ccc(Br)cc1)S(C)(=O)=O)c1ccc(C(C)(C)C)cc1. The molecule has 1 N–H and O–H groups in total. The highest BCUT2D eigenvalue weighted by Gasteiger charge is 2.22. The molecule has 0 fully saturated rings. The second kappa shape index (κ2) is 8.66. The van der Waals surface area contributed by atoms with Crippen molar-refractivity contribution >= 4 is 37.5 Å². The van der Waals surface area contributed by atoms with Gasteiger partial charge >= 0.3 is 0 Å². The molecule has 0 unspecified atom stereocenters. The molecule has 1 atom stereocenters. The Balaban J connectivity index is 2.11. The van der Waals surface area contributed by atoms with Crippen LogP contribution in [0.3, 0.4) is 0 Å². The minimum Gasteiger partial charge on any atom is -0.348 e. The van der Waals surface area contributed by atoms with Crippen molar-refractivity contribution < 1.29 is 13.2 Å². The molecule has 0 aliphatic rings. The summed E-state index contributed by atoms with van der Waals surface area (Å²) in [6.45, 7) is 8.05. The first-order chi connectivity index (χ1) is 12.9. The highest BCUT2D eigenvalue weighted by Crippen LogP contribution is 2.24. The molecule has 2 aromatic rings. The van der Waals surface area contributed by atoms with Crippen LogP contribution in [0.5, 0.6) is 0 Å². The molecular formula is C21H27BrN2O3S. The third-order valence-electron chi connectivity index (χ3n) is 4.46. The van der Waals surface area contributed by atoms with E-state index in [9.17, 15) is 13.2 Å². The average Bonchev–Trinajstić information content (AvgIpc) is 2.59. The third kappa shape index (κ3) is 6.07. The number of nitrogens with zero attached hydrogens (tertiary/aromatic N) is 1. The molecule has 0 aliphatic heterocycles. The normalized spacial score (nSPS) is 13.1. The maximum Gasteiger partial charge on any atom is 0.241 e. The summed E-state index contributed by atoms with van der Waals surface area (Å²) in [7, 11) is -3.59. The van der Waals surface area contributed by atoms with Gasteiger partial charge in [0.25, 0.3) is 0 Å². The lowest BCUT2D eigenvalue weighted by atomic mass is 9.86. The lowest BCUT2D eigenvalue weighted by Crippen LogP contribution is -2.41. The minimum absolute atomic E-state index is 0.0612. The summed E-state index contributed by atoms with van der Waals surface area (Å²) < 4.78 is 26.3. The molecular weight excluding hydrogens is 440 g/mol. The molecule has 0 radical (unpaired) electrons. The zero-order valence-corrected chi connectivity index (χ0v) is 19.3. The Labute approximate surface area is 176 Å². The lowest BCUT2D eigenvalue weighted by Gasteiger charge is -2.24. The summed E-state index contributed by atoms with van der Waals surface area (Å²) in [5.41, 5.74) is 2.69. The zero-order valence-electron chi connectivity index (χ0n) is 16.9. The number of benzene rings is 2. The maximum atomic E-state index is 12.5. The van der Waals surface area contributed by atoms with Crippen LogP contribution >= 0.6 is 15.9 Å². The predicted octanol–water partition coefficient (Wildman–Crippen LogP) is 4.39. The lowest BCUT2D eigenvalue weighted by molar-refractivity contribution is -0.120.